The van der Waals surface area contributed by atoms with E-state index in [1.54, 1.807) is 30.3 Å². The highest BCUT2D eigenvalue weighted by Gasteiger charge is 2.52. The number of hydrogen-bond acceptors (Lipinski definition) is 6. The number of carbonyl (C=O) groups is 1. The molecular formula is C24H29N3O5S. The summed E-state index contributed by atoms with van der Waals surface area (Å²) in [7, 11) is -0.398. The molecule has 2 heterocycles. The highest BCUT2D eigenvalue weighted by atomic mass is 32.2. The molecule has 0 unspecified atom stereocenters. The summed E-state index contributed by atoms with van der Waals surface area (Å²) in [6.45, 7) is 1.51. The van der Waals surface area contributed by atoms with Crippen LogP contribution in [0.25, 0.3) is 0 Å². The van der Waals surface area contributed by atoms with E-state index in [0.717, 1.165) is 44.2 Å². The number of likely N-dealkylation sites (N-methyl/N-ethyl adjacent to an activating group) is 1. The number of nitrogens with zero attached hydrogens (tertiary/aromatic N) is 1. The van der Waals surface area contributed by atoms with Crippen LogP contribution in [0.1, 0.15) is 37.7 Å². The summed E-state index contributed by atoms with van der Waals surface area (Å²) < 4.78 is 40.5. The largest absolute Gasteiger partial charge is 0.495 e. The fraction of sp³-hybridized carbons (Fsp3) is 0.458. The molecule has 3 aliphatic rings. The molecule has 1 amide bonds. The quantitative estimate of drug-likeness (QED) is 0.643. The van der Waals surface area contributed by atoms with E-state index in [9.17, 15) is 13.2 Å². The van der Waals surface area contributed by atoms with Gasteiger partial charge in [0.15, 0.2) is 0 Å². The van der Waals surface area contributed by atoms with Gasteiger partial charge in [0.25, 0.3) is 10.0 Å². The van der Waals surface area contributed by atoms with Crippen molar-refractivity contribution in [3.63, 3.8) is 0 Å². The van der Waals surface area contributed by atoms with Gasteiger partial charge in [-0.15, -0.1) is 0 Å². The lowest BCUT2D eigenvalue weighted by atomic mass is 9.65. The molecule has 2 N–H and O–H groups in total. The molecule has 5 rings (SSSR count). The molecule has 0 aromatic heterocycles. The minimum Gasteiger partial charge on any atom is -0.495 e. The Morgan fingerprint density at radius 3 is 2.64 bits per heavy atom. The number of likely N-dealkylation sites (tertiary alicyclic amines) is 1. The zero-order valence-corrected chi connectivity index (χ0v) is 19.7. The second kappa shape index (κ2) is 8.22. The molecular weight excluding hydrogens is 442 g/mol. The van der Waals surface area contributed by atoms with Crippen molar-refractivity contribution in [2.45, 2.75) is 48.5 Å². The molecule has 1 saturated heterocycles. The second-order valence-corrected chi connectivity index (χ2v) is 10.8. The van der Waals surface area contributed by atoms with E-state index >= 15 is 0 Å². The summed E-state index contributed by atoms with van der Waals surface area (Å²) in [6.07, 6.45) is 4.64. The first kappa shape index (κ1) is 22.0. The molecule has 33 heavy (non-hydrogen) atoms. The third kappa shape index (κ3) is 3.73. The van der Waals surface area contributed by atoms with Gasteiger partial charge in [0.1, 0.15) is 23.0 Å². The number of sulfonamides is 1. The first-order valence-corrected chi connectivity index (χ1v) is 12.8. The number of hydrogen-bond donors (Lipinski definition) is 2. The molecule has 2 fully saturated rings. The SMILES string of the molecule is COc1ccccc1S(=O)(=O)Nc1cc(OC[C@@H]2CCCN2C)c2c(c1)C1(CCC1)C(=O)N2. The van der Waals surface area contributed by atoms with E-state index in [2.05, 4.69) is 22.0 Å². The van der Waals surface area contributed by atoms with E-state index in [1.165, 1.54) is 13.2 Å². The number of ether oxygens (including phenoxy) is 2. The number of carbonyl (C=O) groups excluding carboxylic acids is 1. The highest BCUT2D eigenvalue weighted by molar-refractivity contribution is 7.92. The van der Waals surface area contributed by atoms with Crippen LogP contribution in [-0.4, -0.2) is 52.6 Å². The van der Waals surface area contributed by atoms with Crippen molar-refractivity contribution in [2.24, 2.45) is 0 Å². The van der Waals surface area contributed by atoms with E-state index in [1.807, 2.05) is 0 Å². The van der Waals surface area contributed by atoms with Gasteiger partial charge >= 0.3 is 0 Å². The van der Waals surface area contributed by atoms with Crippen LogP contribution >= 0.6 is 0 Å². The molecule has 2 aromatic carbocycles. The molecule has 2 aliphatic heterocycles. The van der Waals surface area contributed by atoms with Crippen molar-refractivity contribution in [1.29, 1.82) is 0 Å². The van der Waals surface area contributed by atoms with Crippen molar-refractivity contribution in [3.05, 3.63) is 42.0 Å². The van der Waals surface area contributed by atoms with Crippen LogP contribution in [0.15, 0.2) is 41.3 Å². The molecule has 1 spiro atoms. The Balaban J connectivity index is 1.51. The van der Waals surface area contributed by atoms with Gasteiger partial charge in [-0.05, 0) is 63.0 Å². The Hall–Kier alpha value is -2.78. The van der Waals surface area contributed by atoms with Crippen LogP contribution in [-0.2, 0) is 20.2 Å². The van der Waals surface area contributed by atoms with Gasteiger partial charge in [-0.1, -0.05) is 18.6 Å². The number of rotatable bonds is 7. The molecule has 1 saturated carbocycles. The van der Waals surface area contributed by atoms with Crippen molar-refractivity contribution in [2.75, 3.05) is 37.3 Å². The maximum Gasteiger partial charge on any atom is 0.265 e. The molecule has 176 valence electrons. The van der Waals surface area contributed by atoms with Gasteiger partial charge in [-0.3, -0.25) is 9.52 Å². The van der Waals surface area contributed by atoms with Gasteiger partial charge in [0.05, 0.1) is 23.9 Å². The number of amides is 1. The van der Waals surface area contributed by atoms with E-state index in [0.29, 0.717) is 29.8 Å². The summed E-state index contributed by atoms with van der Waals surface area (Å²) in [5, 5.41) is 3.01. The average molecular weight is 472 g/mol. The molecule has 1 atom stereocenters. The average Bonchev–Trinajstić information content (AvgIpc) is 3.31. The summed E-state index contributed by atoms with van der Waals surface area (Å²) in [5.41, 5.74) is 1.26. The van der Waals surface area contributed by atoms with Crippen molar-refractivity contribution in [1.82, 2.24) is 4.90 Å². The maximum absolute atomic E-state index is 13.2. The number of para-hydroxylation sites is 1. The van der Waals surface area contributed by atoms with Crippen LogP contribution in [0.3, 0.4) is 0 Å². The van der Waals surface area contributed by atoms with Crippen molar-refractivity contribution < 1.29 is 22.7 Å². The van der Waals surface area contributed by atoms with Crippen LogP contribution in [0.5, 0.6) is 11.5 Å². The Kier molecular flexibility index (Phi) is 5.49. The third-order valence-electron chi connectivity index (χ3n) is 7.21. The zero-order valence-electron chi connectivity index (χ0n) is 18.9. The molecule has 2 aromatic rings. The van der Waals surface area contributed by atoms with Gasteiger partial charge in [-0.25, -0.2) is 8.42 Å². The lowest BCUT2D eigenvalue weighted by Gasteiger charge is -2.36. The number of nitrogens with one attached hydrogen (secondary N) is 2. The Morgan fingerprint density at radius 1 is 1.18 bits per heavy atom. The summed E-state index contributed by atoms with van der Waals surface area (Å²) in [5.74, 6) is 0.734. The second-order valence-electron chi connectivity index (χ2n) is 9.13. The number of methoxy groups -OCH3 is 1. The number of anilines is 2. The van der Waals surface area contributed by atoms with Gasteiger partial charge in [-0.2, -0.15) is 0 Å². The number of benzene rings is 2. The minimum absolute atomic E-state index is 0.0312. The summed E-state index contributed by atoms with van der Waals surface area (Å²) >= 11 is 0. The first-order valence-electron chi connectivity index (χ1n) is 11.3. The zero-order chi connectivity index (χ0) is 23.2. The molecule has 1 aliphatic carbocycles. The van der Waals surface area contributed by atoms with E-state index in [4.69, 9.17) is 9.47 Å². The minimum atomic E-state index is -3.91. The van der Waals surface area contributed by atoms with Gasteiger partial charge in [0.2, 0.25) is 5.91 Å². The monoisotopic (exact) mass is 471 g/mol. The predicted octanol–water partition coefficient (Wildman–Crippen LogP) is 3.34. The first-order chi connectivity index (χ1) is 15.8. The fourth-order valence-electron chi connectivity index (χ4n) is 5.10. The Morgan fingerprint density at radius 2 is 1.97 bits per heavy atom. The van der Waals surface area contributed by atoms with Crippen molar-refractivity contribution >= 4 is 27.3 Å². The van der Waals surface area contributed by atoms with Crippen molar-refractivity contribution in [3.8, 4) is 11.5 Å². The van der Waals surface area contributed by atoms with Crippen LogP contribution < -0.4 is 19.5 Å². The smallest absolute Gasteiger partial charge is 0.265 e. The Labute approximate surface area is 194 Å². The third-order valence-corrected chi connectivity index (χ3v) is 8.63. The van der Waals surface area contributed by atoms with Crippen LogP contribution in [0.2, 0.25) is 0 Å². The van der Waals surface area contributed by atoms with E-state index in [-0.39, 0.29) is 16.6 Å². The van der Waals surface area contributed by atoms with Crippen LogP contribution in [0.4, 0.5) is 11.4 Å². The standard InChI is InChI=1S/C24H29N3O5S/c1-27-12-5-7-17(27)15-32-20-14-16(13-18-22(20)25-23(28)24(18)10-6-11-24)26-33(29,30)21-9-4-3-8-19(21)31-2/h3-4,8-9,13-14,17,26H,5-7,10-12,15H2,1-2H3,(H,25,28)/t17-/m0/s1. The van der Waals surface area contributed by atoms with Gasteiger partial charge < -0.3 is 19.7 Å². The van der Waals surface area contributed by atoms with E-state index < -0.39 is 15.4 Å². The van der Waals surface area contributed by atoms with Crippen LogP contribution in [0, 0.1) is 0 Å². The normalized spacial score (nSPS) is 21.4. The fourth-order valence-corrected chi connectivity index (χ4v) is 6.32. The molecule has 9 heteroatoms. The lowest BCUT2D eigenvalue weighted by molar-refractivity contribution is -0.123. The van der Waals surface area contributed by atoms with Gasteiger partial charge in [0, 0.05) is 12.1 Å². The lowest BCUT2D eigenvalue weighted by Crippen LogP contribution is -2.40. The highest BCUT2D eigenvalue weighted by Crippen LogP contribution is 2.54. The number of fused-ring (bicyclic) bond motifs is 2. The molecule has 0 bridgehead atoms. The topological polar surface area (TPSA) is 97.0 Å². The summed E-state index contributed by atoms with van der Waals surface area (Å²) in [4.78, 5) is 15.2. The molecule has 0 radical (unpaired) electrons. The molecule has 8 nitrogen and oxygen atoms in total. The Bertz CT molecular complexity index is 1190. The maximum atomic E-state index is 13.2. The summed E-state index contributed by atoms with van der Waals surface area (Å²) in [6, 6.07) is 10.2. The predicted molar refractivity (Wildman–Crippen MR) is 126 cm³/mol.